The van der Waals surface area contributed by atoms with Crippen molar-refractivity contribution in [2.75, 3.05) is 18.4 Å². The lowest BCUT2D eigenvalue weighted by atomic mass is 10.0. The Morgan fingerprint density at radius 3 is 2.72 bits per heavy atom. The van der Waals surface area contributed by atoms with Crippen molar-refractivity contribution >= 4 is 16.9 Å². The molecule has 4 aromatic rings. The number of aromatic amines is 1. The molecule has 2 unspecified atom stereocenters. The minimum Gasteiger partial charge on any atom is -0.392 e. The Balaban J connectivity index is 1.44. The van der Waals surface area contributed by atoms with E-state index in [0.29, 0.717) is 42.5 Å². The maximum Gasteiger partial charge on any atom is 0.419 e. The SMILES string of the molecule is N#Cc1ccc2c(-c3nc(NC4CC(O)CN(Cc5ccccc5)C4)ncc3C(F)(F)F)c[nH]c2c1. The molecule has 2 aromatic heterocycles. The zero-order chi connectivity index (χ0) is 25.3. The van der Waals surface area contributed by atoms with Gasteiger partial charge in [-0.2, -0.15) is 18.4 Å². The molecular weight excluding hydrogens is 469 g/mol. The van der Waals surface area contributed by atoms with Crippen LogP contribution in [0.3, 0.4) is 0 Å². The van der Waals surface area contributed by atoms with Crippen LogP contribution in [0.1, 0.15) is 23.1 Å². The second kappa shape index (κ2) is 9.60. The predicted octanol–water partition coefficient (Wildman–Crippen LogP) is 4.56. The Kier molecular flexibility index (Phi) is 6.35. The summed E-state index contributed by atoms with van der Waals surface area (Å²) in [7, 11) is 0. The summed E-state index contributed by atoms with van der Waals surface area (Å²) in [6.07, 6.45) is -2.57. The smallest absolute Gasteiger partial charge is 0.392 e. The molecule has 36 heavy (non-hydrogen) atoms. The van der Waals surface area contributed by atoms with Gasteiger partial charge in [0, 0.05) is 54.5 Å². The Morgan fingerprint density at radius 1 is 1.17 bits per heavy atom. The van der Waals surface area contributed by atoms with Crippen molar-refractivity contribution in [2.45, 2.75) is 31.3 Å². The summed E-state index contributed by atoms with van der Waals surface area (Å²) >= 11 is 0. The third-order valence-corrected chi connectivity index (χ3v) is 6.25. The van der Waals surface area contributed by atoms with Crippen LogP contribution in [0.2, 0.25) is 0 Å². The Morgan fingerprint density at radius 2 is 1.97 bits per heavy atom. The molecule has 184 valence electrons. The van der Waals surface area contributed by atoms with Gasteiger partial charge >= 0.3 is 6.18 Å². The van der Waals surface area contributed by atoms with Gasteiger partial charge in [-0.3, -0.25) is 4.90 Å². The van der Waals surface area contributed by atoms with Gasteiger partial charge in [-0.1, -0.05) is 36.4 Å². The van der Waals surface area contributed by atoms with Gasteiger partial charge in [0.25, 0.3) is 0 Å². The third-order valence-electron chi connectivity index (χ3n) is 6.25. The normalized spacial score (nSPS) is 18.8. The number of alkyl halides is 3. The van der Waals surface area contributed by atoms with E-state index in [4.69, 9.17) is 5.26 Å². The van der Waals surface area contributed by atoms with E-state index >= 15 is 0 Å². The molecule has 10 heteroatoms. The van der Waals surface area contributed by atoms with Gasteiger partial charge < -0.3 is 15.4 Å². The summed E-state index contributed by atoms with van der Waals surface area (Å²) in [4.78, 5) is 13.3. The number of likely N-dealkylation sites (tertiary alicyclic amines) is 1. The minimum atomic E-state index is -4.66. The first kappa shape index (κ1) is 23.8. The second-order valence-electron chi connectivity index (χ2n) is 8.94. The molecule has 3 N–H and O–H groups in total. The first-order valence-electron chi connectivity index (χ1n) is 11.5. The molecule has 0 bridgehead atoms. The fraction of sp³-hybridized carbons (Fsp3) is 0.269. The number of aliphatic hydroxyl groups is 1. The number of fused-ring (bicyclic) bond motifs is 1. The number of β-amino-alcohol motifs (C(OH)–C–C–N with tert-alkyl or cyclic N) is 1. The number of rotatable bonds is 5. The van der Waals surface area contributed by atoms with E-state index in [-0.39, 0.29) is 23.2 Å². The molecule has 0 saturated carbocycles. The maximum atomic E-state index is 13.9. The molecule has 0 amide bonds. The third kappa shape index (κ3) is 5.03. The molecule has 1 fully saturated rings. The van der Waals surface area contributed by atoms with E-state index in [1.807, 2.05) is 36.4 Å². The topological polar surface area (TPSA) is 101 Å². The fourth-order valence-electron chi connectivity index (χ4n) is 4.68. The van der Waals surface area contributed by atoms with Crippen LogP contribution in [-0.4, -0.2) is 50.2 Å². The van der Waals surface area contributed by atoms with Crippen molar-refractivity contribution in [3.8, 4) is 17.3 Å². The van der Waals surface area contributed by atoms with Gasteiger partial charge in [-0.05, 0) is 24.1 Å². The Hall–Kier alpha value is -3.94. The number of piperidine rings is 1. The highest BCUT2D eigenvalue weighted by atomic mass is 19.4. The molecule has 0 aliphatic carbocycles. The summed E-state index contributed by atoms with van der Waals surface area (Å²) in [6, 6.07) is 16.4. The van der Waals surface area contributed by atoms with Crippen LogP contribution in [0.15, 0.2) is 60.9 Å². The highest BCUT2D eigenvalue weighted by Gasteiger charge is 2.36. The van der Waals surface area contributed by atoms with Crippen LogP contribution in [0.4, 0.5) is 19.1 Å². The van der Waals surface area contributed by atoms with Crippen LogP contribution in [0.25, 0.3) is 22.2 Å². The standard InChI is InChI=1S/C26H23F3N6O/c27-26(28,29)22-12-32-25(34-24(22)21-11-31-23-8-17(10-30)6-7-20(21)23)33-18-9-19(36)15-35(14-18)13-16-4-2-1-3-5-16/h1-8,11-12,18-19,31,36H,9,13-15H2,(H,32,33,34). The van der Waals surface area contributed by atoms with Gasteiger partial charge in [0.05, 0.1) is 23.4 Å². The molecular formula is C26H23F3N6O. The number of hydrogen-bond donors (Lipinski definition) is 3. The summed E-state index contributed by atoms with van der Waals surface area (Å²) in [5.74, 6) is 0.0553. The van der Waals surface area contributed by atoms with Gasteiger partial charge in [-0.15, -0.1) is 0 Å². The van der Waals surface area contributed by atoms with Gasteiger partial charge in [-0.25, -0.2) is 9.97 Å². The lowest BCUT2D eigenvalue weighted by Gasteiger charge is -2.36. The number of benzene rings is 2. The van der Waals surface area contributed by atoms with Crippen molar-refractivity contribution in [2.24, 2.45) is 0 Å². The molecule has 7 nitrogen and oxygen atoms in total. The zero-order valence-electron chi connectivity index (χ0n) is 19.1. The largest absolute Gasteiger partial charge is 0.419 e. The van der Waals surface area contributed by atoms with E-state index < -0.39 is 17.8 Å². The average molecular weight is 493 g/mol. The van der Waals surface area contributed by atoms with Crippen LogP contribution in [0.5, 0.6) is 0 Å². The first-order chi connectivity index (χ1) is 17.3. The van der Waals surface area contributed by atoms with E-state index in [1.165, 1.54) is 6.20 Å². The van der Waals surface area contributed by atoms with E-state index in [2.05, 4.69) is 25.2 Å². The molecule has 5 rings (SSSR count). The number of hydrogen-bond acceptors (Lipinski definition) is 6. The average Bonchev–Trinajstić information content (AvgIpc) is 3.26. The van der Waals surface area contributed by atoms with E-state index in [0.717, 1.165) is 11.8 Å². The molecule has 2 aromatic carbocycles. The summed E-state index contributed by atoms with van der Waals surface area (Å²) in [6.45, 7) is 1.73. The number of aromatic nitrogens is 3. The highest BCUT2D eigenvalue weighted by molar-refractivity contribution is 5.96. The number of nitrogens with one attached hydrogen (secondary N) is 2. The van der Waals surface area contributed by atoms with Crippen molar-refractivity contribution in [3.63, 3.8) is 0 Å². The summed E-state index contributed by atoms with van der Waals surface area (Å²) < 4.78 is 41.6. The van der Waals surface area contributed by atoms with Crippen LogP contribution in [-0.2, 0) is 12.7 Å². The molecule has 3 heterocycles. The molecule has 1 saturated heterocycles. The van der Waals surface area contributed by atoms with Crippen LogP contribution < -0.4 is 5.32 Å². The number of H-pyrrole nitrogens is 1. The van der Waals surface area contributed by atoms with E-state index in [9.17, 15) is 18.3 Å². The lowest BCUT2D eigenvalue weighted by Crippen LogP contribution is -2.48. The molecule has 1 aliphatic rings. The van der Waals surface area contributed by atoms with Gasteiger partial charge in [0.1, 0.15) is 5.56 Å². The monoisotopic (exact) mass is 492 g/mol. The van der Waals surface area contributed by atoms with Crippen molar-refractivity contribution in [1.29, 1.82) is 5.26 Å². The van der Waals surface area contributed by atoms with Crippen LogP contribution >= 0.6 is 0 Å². The maximum absolute atomic E-state index is 13.9. The van der Waals surface area contributed by atoms with Gasteiger partial charge in [0.15, 0.2) is 0 Å². The van der Waals surface area contributed by atoms with E-state index in [1.54, 1.807) is 18.2 Å². The minimum absolute atomic E-state index is 0.0553. The first-order valence-corrected chi connectivity index (χ1v) is 11.5. The Labute approximate surface area is 205 Å². The highest BCUT2D eigenvalue weighted by Crippen LogP contribution is 2.39. The molecule has 0 radical (unpaired) electrons. The van der Waals surface area contributed by atoms with Crippen LogP contribution in [0, 0.1) is 11.3 Å². The number of anilines is 1. The number of nitrogens with zero attached hydrogens (tertiary/aromatic N) is 4. The van der Waals surface area contributed by atoms with Crippen molar-refractivity contribution in [1.82, 2.24) is 19.9 Å². The van der Waals surface area contributed by atoms with Gasteiger partial charge in [0.2, 0.25) is 5.95 Å². The number of halogens is 3. The Bertz CT molecular complexity index is 1410. The molecule has 1 aliphatic heterocycles. The predicted molar refractivity (Wildman–Crippen MR) is 129 cm³/mol. The summed E-state index contributed by atoms with van der Waals surface area (Å²) in [5.41, 5.74) is 1.10. The molecule has 0 spiro atoms. The zero-order valence-corrected chi connectivity index (χ0v) is 19.1. The fourth-order valence-corrected chi connectivity index (χ4v) is 4.68. The number of nitriles is 1. The molecule has 2 atom stereocenters. The second-order valence-corrected chi connectivity index (χ2v) is 8.94. The van der Waals surface area contributed by atoms with Crippen molar-refractivity contribution in [3.05, 3.63) is 77.6 Å². The quantitative estimate of drug-likeness (QED) is 0.378. The lowest BCUT2D eigenvalue weighted by molar-refractivity contribution is -0.137. The summed E-state index contributed by atoms with van der Waals surface area (Å²) in [5, 5.41) is 23.2. The van der Waals surface area contributed by atoms with Crippen molar-refractivity contribution < 1.29 is 18.3 Å². The number of aliphatic hydroxyl groups excluding tert-OH is 1.